The Morgan fingerprint density at radius 1 is 1.43 bits per heavy atom. The molecule has 1 unspecified atom stereocenters. The number of hydrogen-bond donors (Lipinski definition) is 1. The quantitative estimate of drug-likeness (QED) is 0.720. The van der Waals surface area contributed by atoms with Crippen molar-refractivity contribution in [3.05, 3.63) is 44.3 Å². The van der Waals surface area contributed by atoms with Crippen molar-refractivity contribution in [1.82, 2.24) is 10.3 Å². The predicted octanol–water partition coefficient (Wildman–Crippen LogP) is 5.18. The zero-order chi connectivity index (χ0) is 14.7. The molecule has 3 rings (SSSR count). The van der Waals surface area contributed by atoms with Gasteiger partial charge in [-0.05, 0) is 53.9 Å². The van der Waals surface area contributed by atoms with Crippen LogP contribution in [0.5, 0.6) is 0 Å². The Labute approximate surface area is 142 Å². The fourth-order valence-electron chi connectivity index (χ4n) is 2.67. The van der Waals surface area contributed by atoms with Crippen LogP contribution in [-0.2, 0) is 12.2 Å². The summed E-state index contributed by atoms with van der Waals surface area (Å²) < 4.78 is 1.17. The maximum atomic E-state index is 4.87. The van der Waals surface area contributed by atoms with Gasteiger partial charge >= 0.3 is 0 Å². The van der Waals surface area contributed by atoms with Crippen LogP contribution in [0.1, 0.15) is 41.4 Å². The van der Waals surface area contributed by atoms with Gasteiger partial charge in [0.05, 0.1) is 11.4 Å². The minimum atomic E-state index is 0.526. The molecule has 1 aromatic carbocycles. The van der Waals surface area contributed by atoms with Gasteiger partial charge in [-0.3, -0.25) is 0 Å². The first-order valence-corrected chi connectivity index (χ1v) is 9.96. The van der Waals surface area contributed by atoms with E-state index in [0.717, 1.165) is 18.7 Å². The second kappa shape index (κ2) is 7.27. The Kier molecular flexibility index (Phi) is 5.38. The Morgan fingerprint density at radius 3 is 3.10 bits per heavy atom. The number of hydrogen-bond acceptors (Lipinski definition) is 4. The minimum Gasteiger partial charge on any atom is -0.309 e. The number of nitrogens with zero attached hydrogens (tertiary/aromatic N) is 1. The zero-order valence-electron chi connectivity index (χ0n) is 12.1. The van der Waals surface area contributed by atoms with Crippen molar-refractivity contribution < 1.29 is 0 Å². The molecule has 0 aliphatic heterocycles. The molecule has 0 saturated carbocycles. The summed E-state index contributed by atoms with van der Waals surface area (Å²) in [5, 5.41) is 4.85. The van der Waals surface area contributed by atoms with E-state index in [9.17, 15) is 0 Å². The molecule has 1 aliphatic rings. The number of thioether (sulfide) groups is 1. The highest BCUT2D eigenvalue weighted by atomic mass is 79.9. The van der Waals surface area contributed by atoms with E-state index in [2.05, 4.69) is 52.4 Å². The van der Waals surface area contributed by atoms with Crippen molar-refractivity contribution in [1.29, 1.82) is 0 Å². The summed E-state index contributed by atoms with van der Waals surface area (Å²) >= 11 is 7.37. The number of nitrogens with one attached hydrogen (secondary N) is 1. The highest BCUT2D eigenvalue weighted by molar-refractivity contribution is 9.10. The average molecular weight is 383 g/mol. The van der Waals surface area contributed by atoms with E-state index in [1.807, 2.05) is 23.1 Å². The van der Waals surface area contributed by atoms with Crippen molar-refractivity contribution in [3.63, 3.8) is 0 Å². The first kappa shape index (κ1) is 15.5. The predicted molar refractivity (Wildman–Crippen MR) is 95.2 cm³/mol. The fourth-order valence-corrected chi connectivity index (χ4v) is 5.46. The normalized spacial score (nSPS) is 17.7. The maximum Gasteiger partial charge on any atom is 0.103 e. The lowest BCUT2D eigenvalue weighted by Gasteiger charge is -2.21. The van der Waals surface area contributed by atoms with Crippen LogP contribution in [0.4, 0.5) is 0 Å². The second-order valence-corrected chi connectivity index (χ2v) is 8.13. The summed E-state index contributed by atoms with van der Waals surface area (Å²) in [5.74, 6) is 0.957. The largest absolute Gasteiger partial charge is 0.309 e. The molecule has 1 aliphatic carbocycles. The number of fused-ring (bicyclic) bond motifs is 1. The first-order chi connectivity index (χ1) is 10.3. The monoisotopic (exact) mass is 382 g/mol. The van der Waals surface area contributed by atoms with Gasteiger partial charge in [0.25, 0.3) is 0 Å². The lowest BCUT2D eigenvalue weighted by Crippen LogP contribution is -2.23. The van der Waals surface area contributed by atoms with E-state index >= 15 is 0 Å². The molecule has 1 atom stereocenters. The molecular formula is C16H19BrN2S2. The Morgan fingerprint density at radius 2 is 2.29 bits per heavy atom. The summed E-state index contributed by atoms with van der Waals surface area (Å²) in [4.78, 5) is 7.63. The maximum absolute atomic E-state index is 4.87. The van der Waals surface area contributed by atoms with Crippen molar-refractivity contribution in [2.45, 2.75) is 42.9 Å². The van der Waals surface area contributed by atoms with Gasteiger partial charge in [0.2, 0.25) is 0 Å². The number of halogens is 1. The van der Waals surface area contributed by atoms with Crippen LogP contribution in [0, 0.1) is 0 Å². The molecule has 5 heteroatoms. The third-order valence-electron chi connectivity index (χ3n) is 3.63. The summed E-state index contributed by atoms with van der Waals surface area (Å²) in [7, 11) is 0. The standard InChI is InChI=1S/C16H19BrN2S2/c1-2-18-12-7-5-8-13-16(12)21-15(19-13)10-20-14-9-4-3-6-11(14)17/h3-4,6,9,12,18H,2,5,7-8,10H2,1H3. The van der Waals surface area contributed by atoms with Gasteiger partial charge in [-0.25, -0.2) is 4.98 Å². The Balaban J connectivity index is 1.71. The fraction of sp³-hybridized carbons (Fsp3) is 0.438. The summed E-state index contributed by atoms with van der Waals surface area (Å²) in [6.45, 7) is 3.21. The molecule has 0 fully saturated rings. The lowest BCUT2D eigenvalue weighted by atomic mass is 9.98. The molecule has 1 aromatic heterocycles. The van der Waals surface area contributed by atoms with Gasteiger partial charge in [0.15, 0.2) is 0 Å². The van der Waals surface area contributed by atoms with Gasteiger partial charge in [-0.2, -0.15) is 0 Å². The van der Waals surface area contributed by atoms with Crippen LogP contribution in [-0.4, -0.2) is 11.5 Å². The number of benzene rings is 1. The molecular weight excluding hydrogens is 364 g/mol. The molecule has 0 saturated heterocycles. The van der Waals surface area contributed by atoms with E-state index in [0.29, 0.717) is 6.04 Å². The van der Waals surface area contributed by atoms with E-state index in [4.69, 9.17) is 4.98 Å². The molecule has 0 spiro atoms. The van der Waals surface area contributed by atoms with Crippen LogP contribution >= 0.6 is 39.0 Å². The number of rotatable bonds is 5. The smallest absolute Gasteiger partial charge is 0.103 e. The summed E-state index contributed by atoms with van der Waals surface area (Å²) in [6.07, 6.45) is 3.65. The average Bonchev–Trinajstić information content (AvgIpc) is 2.91. The van der Waals surface area contributed by atoms with Crippen LogP contribution in [0.2, 0.25) is 0 Å². The highest BCUT2D eigenvalue weighted by Crippen LogP contribution is 2.37. The topological polar surface area (TPSA) is 24.9 Å². The zero-order valence-corrected chi connectivity index (χ0v) is 15.3. The molecule has 2 aromatic rings. The van der Waals surface area contributed by atoms with Crippen LogP contribution in [0.3, 0.4) is 0 Å². The molecule has 112 valence electrons. The summed E-state index contributed by atoms with van der Waals surface area (Å²) in [6, 6.07) is 8.91. The Hall–Kier alpha value is -0.360. The number of aryl methyl sites for hydroxylation is 1. The van der Waals surface area contributed by atoms with E-state index in [-0.39, 0.29) is 0 Å². The number of thiazole rings is 1. The lowest BCUT2D eigenvalue weighted by molar-refractivity contribution is 0.476. The molecule has 21 heavy (non-hydrogen) atoms. The molecule has 1 N–H and O–H groups in total. The van der Waals surface area contributed by atoms with Crippen LogP contribution in [0.25, 0.3) is 0 Å². The van der Waals surface area contributed by atoms with Gasteiger partial charge in [0, 0.05) is 20.3 Å². The van der Waals surface area contributed by atoms with Gasteiger partial charge in [-0.15, -0.1) is 23.1 Å². The highest BCUT2D eigenvalue weighted by Gasteiger charge is 2.23. The third kappa shape index (κ3) is 3.70. The van der Waals surface area contributed by atoms with Gasteiger partial charge < -0.3 is 5.32 Å². The van der Waals surface area contributed by atoms with E-state index in [1.165, 1.54) is 37.8 Å². The molecule has 0 bridgehead atoms. The van der Waals surface area contributed by atoms with Crippen LogP contribution in [0.15, 0.2) is 33.6 Å². The van der Waals surface area contributed by atoms with E-state index < -0.39 is 0 Å². The Bertz CT molecular complexity index is 612. The minimum absolute atomic E-state index is 0.526. The molecule has 0 amide bonds. The first-order valence-electron chi connectivity index (χ1n) is 7.37. The molecule has 1 heterocycles. The van der Waals surface area contributed by atoms with Crippen molar-refractivity contribution >= 4 is 39.0 Å². The molecule has 0 radical (unpaired) electrons. The third-order valence-corrected chi connectivity index (χ3v) is 7.07. The van der Waals surface area contributed by atoms with Gasteiger partial charge in [0.1, 0.15) is 5.01 Å². The van der Waals surface area contributed by atoms with Crippen molar-refractivity contribution in [2.75, 3.05) is 6.54 Å². The van der Waals surface area contributed by atoms with Crippen molar-refractivity contribution in [2.24, 2.45) is 0 Å². The van der Waals surface area contributed by atoms with Gasteiger partial charge in [-0.1, -0.05) is 19.1 Å². The summed E-state index contributed by atoms with van der Waals surface area (Å²) in [5.41, 5.74) is 1.33. The van der Waals surface area contributed by atoms with E-state index in [1.54, 1.807) is 0 Å². The number of aromatic nitrogens is 1. The SMILES string of the molecule is CCNC1CCCc2nc(CSc3ccccc3Br)sc21. The second-order valence-electron chi connectivity index (χ2n) is 5.14. The van der Waals surface area contributed by atoms with Crippen molar-refractivity contribution in [3.8, 4) is 0 Å². The van der Waals surface area contributed by atoms with Crippen LogP contribution < -0.4 is 5.32 Å². The molecule has 2 nitrogen and oxygen atoms in total.